The summed E-state index contributed by atoms with van der Waals surface area (Å²) in [5, 5.41) is 47.3. The van der Waals surface area contributed by atoms with Crippen molar-refractivity contribution in [3.8, 4) is 0 Å². The second-order valence-electron chi connectivity index (χ2n) is 22.9. The van der Waals surface area contributed by atoms with Crippen LogP contribution in [0.2, 0.25) is 0 Å². The molecule has 374 valence electrons. The van der Waals surface area contributed by atoms with Gasteiger partial charge in [-0.25, -0.2) is 0 Å². The quantitative estimate of drug-likeness (QED) is 0.0994. The van der Waals surface area contributed by atoms with Crippen molar-refractivity contribution in [2.24, 2.45) is 0 Å². The van der Waals surface area contributed by atoms with Crippen LogP contribution in [0.15, 0.2) is 166 Å². The van der Waals surface area contributed by atoms with E-state index in [1.54, 1.807) is 24.3 Å². The Morgan fingerprint density at radius 3 is 1.23 bits per heavy atom. The number of allylic oxidation sites excluding steroid dienone is 14. The van der Waals surface area contributed by atoms with E-state index in [0.29, 0.717) is 0 Å². The second kappa shape index (κ2) is 16.3. The van der Waals surface area contributed by atoms with E-state index in [0.717, 1.165) is 100.0 Å². The summed E-state index contributed by atoms with van der Waals surface area (Å²) in [5.41, 5.74) is 11.6. The number of hydrogen-bond donors (Lipinski definition) is 4. The molecule has 10 nitrogen and oxygen atoms in total. The molecule has 4 N–H and O–H groups in total. The minimum absolute atomic E-state index is 0.0696. The third-order valence-corrected chi connectivity index (χ3v) is 17.3. The number of aliphatic carboxylic acids is 2. The zero-order chi connectivity index (χ0) is 52.9. The molecule has 5 aromatic carbocycles. The molecule has 0 fully saturated rings. The summed E-state index contributed by atoms with van der Waals surface area (Å²) in [5.74, 6) is -2.56. The fourth-order valence-electron chi connectivity index (χ4n) is 13.3. The average molecular weight is 985 g/mol. The van der Waals surface area contributed by atoms with Gasteiger partial charge < -0.3 is 30.2 Å². The first kappa shape index (κ1) is 48.3. The maximum absolute atomic E-state index is 14.2. The molecule has 2 aliphatic heterocycles. The summed E-state index contributed by atoms with van der Waals surface area (Å²) in [4.78, 5) is 56.4. The van der Waals surface area contributed by atoms with Gasteiger partial charge in [-0.15, -0.1) is 0 Å². The molecule has 0 aromatic heterocycles. The van der Waals surface area contributed by atoms with E-state index in [2.05, 4.69) is 102 Å². The van der Waals surface area contributed by atoms with Crippen molar-refractivity contribution in [3.63, 3.8) is 0 Å². The fraction of sp³-hybridized carbons (Fsp3) is 0.281. The van der Waals surface area contributed by atoms with Gasteiger partial charge in [-0.05, 0) is 126 Å². The number of likely N-dealkylation sites (N-methyl/N-ethyl adjacent to an activating group) is 2. The first-order valence-corrected chi connectivity index (χ1v) is 25.4. The third-order valence-electron chi connectivity index (χ3n) is 17.3. The summed E-state index contributed by atoms with van der Waals surface area (Å²) in [6, 6.07) is 28.8. The van der Waals surface area contributed by atoms with E-state index < -0.39 is 33.6 Å². The number of nitrogens with zero attached hydrogens (tertiary/aromatic N) is 2. The Balaban J connectivity index is 0.905. The molecule has 4 aliphatic carbocycles. The van der Waals surface area contributed by atoms with Gasteiger partial charge in [-0.2, -0.15) is 0 Å². The van der Waals surface area contributed by atoms with E-state index in [1.807, 2.05) is 62.6 Å². The molecule has 0 saturated carbocycles. The van der Waals surface area contributed by atoms with E-state index in [-0.39, 0.29) is 71.1 Å². The number of carbonyl (C=O) groups is 4. The van der Waals surface area contributed by atoms with Crippen LogP contribution < -0.4 is 9.80 Å². The Labute approximate surface area is 431 Å². The molecule has 0 radical (unpaired) electrons. The number of fused-ring (bicyclic) bond motifs is 8. The predicted octanol–water partition coefficient (Wildman–Crippen LogP) is 13.1. The minimum atomic E-state index is -0.907. The van der Waals surface area contributed by atoms with Gasteiger partial charge in [0.05, 0.1) is 22.3 Å². The standard InChI is InChI=1S/C64H60N2O8/c1-61(2)47-31-50-48(32-49(47)65(9)51(61)29-43-57(71)41(58(43)72)27-45-37(23-25-53(67)68)39-21-19-33-15-11-13-17-35(33)55(39)63(45,5)6)62(3,4)52(66(50)10)30-44-59(73)42(60(44)74)28-46-38(24-26-54(69)70)40-22-20-34-16-12-14-18-36(34)56(40)64(46,7)8/h11-22,27-32,71,73H,23-26H2,1-10H3,(H,67,68)(H,69,70). The van der Waals surface area contributed by atoms with Crippen LogP contribution >= 0.6 is 0 Å². The Hall–Kier alpha value is -7.98. The highest BCUT2D eigenvalue weighted by Crippen LogP contribution is 2.58. The van der Waals surface area contributed by atoms with Gasteiger partial charge in [-0.1, -0.05) is 128 Å². The molecule has 0 bridgehead atoms. The monoisotopic (exact) mass is 984 g/mol. The average Bonchev–Trinajstić information content (AvgIpc) is 3.88. The van der Waals surface area contributed by atoms with Crippen LogP contribution in [-0.2, 0) is 40.8 Å². The predicted molar refractivity (Wildman–Crippen MR) is 292 cm³/mol. The summed E-state index contributed by atoms with van der Waals surface area (Å²) in [6.45, 7) is 16.8. The number of ketones is 2. The topological polar surface area (TPSA) is 156 Å². The van der Waals surface area contributed by atoms with Gasteiger partial charge in [0, 0.05) is 71.4 Å². The highest BCUT2D eigenvalue weighted by molar-refractivity contribution is 6.22. The Morgan fingerprint density at radius 1 is 0.514 bits per heavy atom. The highest BCUT2D eigenvalue weighted by Gasteiger charge is 2.48. The van der Waals surface area contributed by atoms with Crippen LogP contribution in [0.4, 0.5) is 11.4 Å². The van der Waals surface area contributed by atoms with Crippen LogP contribution in [-0.4, -0.2) is 58.0 Å². The van der Waals surface area contributed by atoms with Crippen LogP contribution in [0, 0.1) is 0 Å². The second-order valence-corrected chi connectivity index (χ2v) is 22.9. The number of carboxylic acids is 2. The number of aliphatic hydroxyl groups is 2. The van der Waals surface area contributed by atoms with Crippen molar-refractivity contribution in [3.05, 3.63) is 199 Å². The van der Waals surface area contributed by atoms with Crippen molar-refractivity contribution < 1.29 is 39.6 Å². The number of anilines is 2. The van der Waals surface area contributed by atoms with E-state index in [4.69, 9.17) is 0 Å². The highest BCUT2D eigenvalue weighted by atomic mass is 16.4. The number of rotatable bonds is 10. The lowest BCUT2D eigenvalue weighted by molar-refractivity contribution is -0.137. The van der Waals surface area contributed by atoms with Gasteiger partial charge in [0.25, 0.3) is 0 Å². The molecular formula is C64H60N2O8. The minimum Gasteiger partial charge on any atom is -0.506 e. The van der Waals surface area contributed by atoms with Gasteiger partial charge in [0.15, 0.2) is 0 Å². The van der Waals surface area contributed by atoms with Crippen LogP contribution in [0.5, 0.6) is 0 Å². The molecule has 0 spiro atoms. The van der Waals surface area contributed by atoms with Crippen LogP contribution in [0.25, 0.3) is 32.7 Å². The van der Waals surface area contributed by atoms with E-state index in [1.165, 1.54) is 0 Å². The first-order chi connectivity index (χ1) is 34.9. The Morgan fingerprint density at radius 2 is 0.878 bits per heavy atom. The maximum atomic E-state index is 14.2. The molecule has 0 amide bonds. The van der Waals surface area contributed by atoms with Crippen molar-refractivity contribution in [1.82, 2.24) is 0 Å². The van der Waals surface area contributed by atoms with Gasteiger partial charge in [0.1, 0.15) is 11.5 Å². The molecule has 2 heterocycles. The molecule has 5 aromatic rings. The summed E-state index contributed by atoms with van der Waals surface area (Å²) in [7, 11) is 3.93. The summed E-state index contributed by atoms with van der Waals surface area (Å²) >= 11 is 0. The summed E-state index contributed by atoms with van der Waals surface area (Å²) < 4.78 is 0. The van der Waals surface area contributed by atoms with Gasteiger partial charge in [-0.3, -0.25) is 19.2 Å². The molecule has 11 rings (SSSR count). The molecular weight excluding hydrogens is 925 g/mol. The third kappa shape index (κ3) is 6.75. The number of hydrogen-bond acceptors (Lipinski definition) is 8. The molecule has 6 aliphatic rings. The van der Waals surface area contributed by atoms with Gasteiger partial charge >= 0.3 is 11.9 Å². The first-order valence-electron chi connectivity index (χ1n) is 25.4. The van der Waals surface area contributed by atoms with E-state index >= 15 is 0 Å². The smallest absolute Gasteiger partial charge is 0.303 e. The number of carboxylic acid groups (broad SMARTS) is 2. The molecule has 10 heteroatoms. The maximum Gasteiger partial charge on any atom is 0.303 e. The largest absolute Gasteiger partial charge is 0.506 e. The lowest BCUT2D eigenvalue weighted by Gasteiger charge is -2.29. The molecule has 0 atom stereocenters. The normalized spacial score (nSPS) is 22.0. The molecule has 74 heavy (non-hydrogen) atoms. The van der Waals surface area contributed by atoms with E-state index in [9.17, 15) is 39.6 Å². The zero-order valence-electron chi connectivity index (χ0n) is 43.5. The Bertz CT molecular complexity index is 3520. The summed E-state index contributed by atoms with van der Waals surface area (Å²) in [6.07, 6.45) is 7.57. The Kier molecular flexibility index (Phi) is 10.6. The van der Waals surface area contributed by atoms with Crippen molar-refractivity contribution in [2.75, 3.05) is 23.9 Å². The van der Waals surface area contributed by atoms with Crippen LogP contribution in [0.1, 0.15) is 114 Å². The van der Waals surface area contributed by atoms with Crippen molar-refractivity contribution >= 4 is 67.6 Å². The van der Waals surface area contributed by atoms with Crippen molar-refractivity contribution in [1.29, 1.82) is 0 Å². The SMILES string of the molecule is CN1C(=CC2=C(O)C(=CC3=C(CCC(=O)O)c4ccc5ccccc5c4C3(C)C)C2=O)C(C)(C)c2cc3c(cc21)C(C)(C)C(=CC1=C(O)C(=CC2=C(CCC(=O)O)c4ccc5ccccc5c4C2(C)C)C1=O)N3C. The number of carbonyl (C=O) groups excluding carboxylic acids is 2. The number of aliphatic hydroxyl groups excluding tert-OH is 2. The fourth-order valence-corrected chi connectivity index (χ4v) is 13.3. The lowest BCUT2D eigenvalue weighted by Crippen LogP contribution is -2.28. The van der Waals surface area contributed by atoms with Gasteiger partial charge in [0.2, 0.25) is 11.6 Å². The van der Waals surface area contributed by atoms with Crippen molar-refractivity contribution in [2.45, 2.75) is 103 Å². The number of benzene rings is 5. The molecule has 0 unspecified atom stereocenters. The lowest BCUT2D eigenvalue weighted by atomic mass is 9.75. The van der Waals surface area contributed by atoms with Crippen LogP contribution in [0.3, 0.4) is 0 Å². The molecule has 0 saturated heterocycles. The number of Topliss-reactive ketones (excluding diaryl/α,β-unsaturated/α-hetero) is 2. The zero-order valence-corrected chi connectivity index (χ0v) is 43.5.